The molecule has 0 spiro atoms. The fraction of sp³-hybridized carbons (Fsp3) is 0.750. The van der Waals surface area contributed by atoms with E-state index in [2.05, 4.69) is 11.5 Å². The highest BCUT2D eigenvalue weighted by atomic mass is 16.4. The summed E-state index contributed by atoms with van der Waals surface area (Å²) in [5, 5.41) is 14.4. The average molecular weight is 218 g/mol. The molecule has 0 aromatic carbocycles. The van der Waals surface area contributed by atoms with Crippen LogP contribution in [0.1, 0.15) is 44.6 Å². The van der Waals surface area contributed by atoms with E-state index in [0.717, 1.165) is 0 Å². The first-order chi connectivity index (χ1) is 3.46. The van der Waals surface area contributed by atoms with Gasteiger partial charge in [0.1, 0.15) is 0 Å². The third kappa shape index (κ3) is 450. The topological polar surface area (TPSA) is 127 Å². The summed E-state index contributed by atoms with van der Waals surface area (Å²) in [6.45, 7) is 0. The van der Waals surface area contributed by atoms with E-state index < -0.39 is 12.2 Å². The van der Waals surface area contributed by atoms with Crippen LogP contribution >= 0.6 is 0 Å². The highest BCUT2D eigenvalue weighted by Gasteiger charge is 1.65. The molecule has 6 heteroatoms. The minimum Gasteiger partial charge on any atom is -0.465 e. The van der Waals surface area contributed by atoms with E-state index in [9.17, 15) is 0 Å². The van der Waals surface area contributed by atoms with Gasteiger partial charge >= 0.3 is 12.2 Å². The lowest BCUT2D eigenvalue weighted by atomic mass is 11.3. The third-order valence-corrected chi connectivity index (χ3v) is 0. The van der Waals surface area contributed by atoms with E-state index in [1.165, 1.54) is 0 Å². The Hall–Kier alpha value is -1.46. The van der Waals surface area contributed by atoms with E-state index in [1.54, 1.807) is 0 Å². The molecule has 6 nitrogen and oxygen atoms in total. The summed E-state index contributed by atoms with van der Waals surface area (Å²) in [6.07, 6.45) is -2.67. The van der Waals surface area contributed by atoms with Crippen LogP contribution in [0.25, 0.3) is 0 Å². The second kappa shape index (κ2) is 62.2. The van der Waals surface area contributed by atoms with Gasteiger partial charge < -0.3 is 21.7 Å². The van der Waals surface area contributed by atoms with Gasteiger partial charge in [0.2, 0.25) is 0 Å². The molecule has 0 aromatic heterocycles. The highest BCUT2D eigenvalue weighted by Crippen LogP contribution is 1.35. The molecule has 0 unspecified atom stereocenters. The molecule has 96 valence electrons. The number of primary amides is 2. The SMILES string of the molecule is C.C.C.C.C.C.NC(=O)O.NC(=O)O. The molecule has 0 aromatic rings. The van der Waals surface area contributed by atoms with Gasteiger partial charge in [0.25, 0.3) is 0 Å². The van der Waals surface area contributed by atoms with Crippen LogP contribution in [-0.4, -0.2) is 22.4 Å². The zero-order valence-corrected chi connectivity index (χ0v) is 3.87. The normalized spacial score (nSPS) is 3.43. The van der Waals surface area contributed by atoms with Gasteiger partial charge in [0.05, 0.1) is 0 Å². The Morgan fingerprint density at radius 2 is 0.643 bits per heavy atom. The minimum absolute atomic E-state index is 0. The number of carboxylic acid groups (broad SMARTS) is 2. The second-order valence-corrected chi connectivity index (χ2v) is 0.676. The molecule has 0 aliphatic carbocycles. The van der Waals surface area contributed by atoms with Crippen molar-refractivity contribution in [2.24, 2.45) is 11.5 Å². The Morgan fingerprint density at radius 3 is 0.643 bits per heavy atom. The van der Waals surface area contributed by atoms with Gasteiger partial charge in [-0.1, -0.05) is 44.6 Å². The first-order valence-electron chi connectivity index (χ1n) is 1.43. The molecule has 0 saturated heterocycles. The summed E-state index contributed by atoms with van der Waals surface area (Å²) in [4.78, 5) is 17.6. The van der Waals surface area contributed by atoms with Crippen LogP contribution in [0.2, 0.25) is 0 Å². The van der Waals surface area contributed by atoms with Crippen LogP contribution in [0.4, 0.5) is 9.59 Å². The van der Waals surface area contributed by atoms with Crippen LogP contribution in [0, 0.1) is 0 Å². The second-order valence-electron chi connectivity index (χ2n) is 0.676. The van der Waals surface area contributed by atoms with Crippen molar-refractivity contribution >= 4 is 12.2 Å². The van der Waals surface area contributed by atoms with Gasteiger partial charge in [0, 0.05) is 0 Å². The van der Waals surface area contributed by atoms with Gasteiger partial charge in [-0.05, 0) is 0 Å². The molecule has 0 heterocycles. The predicted octanol–water partition coefficient (Wildman–Crippen LogP) is 3.06. The molecule has 0 aliphatic heterocycles. The van der Waals surface area contributed by atoms with E-state index in [0.29, 0.717) is 0 Å². The van der Waals surface area contributed by atoms with Gasteiger partial charge in [-0.2, -0.15) is 0 Å². The molecule has 0 bridgehead atoms. The van der Waals surface area contributed by atoms with Crippen molar-refractivity contribution in [3.63, 3.8) is 0 Å². The van der Waals surface area contributed by atoms with E-state index >= 15 is 0 Å². The molecule has 0 atom stereocenters. The maximum absolute atomic E-state index is 8.78. The van der Waals surface area contributed by atoms with Gasteiger partial charge in [-0.15, -0.1) is 0 Å². The lowest BCUT2D eigenvalue weighted by Crippen LogP contribution is -2.03. The Balaban J connectivity index is -0.00000000600. The Morgan fingerprint density at radius 1 is 0.643 bits per heavy atom. The quantitative estimate of drug-likeness (QED) is 0.498. The van der Waals surface area contributed by atoms with E-state index in [4.69, 9.17) is 19.8 Å². The molecule has 0 radical (unpaired) electrons. The monoisotopic (exact) mass is 218 g/mol. The van der Waals surface area contributed by atoms with Crippen molar-refractivity contribution < 1.29 is 19.8 Å². The standard InChI is InChI=1S/2CH3NO2.6CH4/c2*2-1(3)4;;;;;;/h2*2H2,(H,3,4);6*1H4. The zero-order chi connectivity index (χ0) is 7.15. The molecule has 6 N–H and O–H groups in total. The summed E-state index contributed by atoms with van der Waals surface area (Å²) >= 11 is 0. The molecule has 0 rings (SSSR count). The van der Waals surface area contributed by atoms with Crippen molar-refractivity contribution in [3.05, 3.63) is 0 Å². The fourth-order valence-electron chi connectivity index (χ4n) is 0. The summed E-state index contributed by atoms with van der Waals surface area (Å²) in [5.74, 6) is 0. The summed E-state index contributed by atoms with van der Waals surface area (Å²) in [5.41, 5.74) is 8.06. The maximum atomic E-state index is 8.78. The van der Waals surface area contributed by atoms with Gasteiger partial charge in [0.15, 0.2) is 0 Å². The van der Waals surface area contributed by atoms with Gasteiger partial charge in [-0.25, -0.2) is 9.59 Å². The molecule has 2 amide bonds. The average Bonchev–Trinajstić information content (AvgIpc) is 1.25. The Labute approximate surface area is 88.9 Å². The smallest absolute Gasteiger partial charge is 0.402 e. The third-order valence-electron chi connectivity index (χ3n) is 0. The number of carbonyl (C=O) groups is 2. The van der Waals surface area contributed by atoms with E-state index in [-0.39, 0.29) is 44.6 Å². The maximum Gasteiger partial charge on any atom is 0.402 e. The number of amides is 2. The Bertz CT molecular complexity index is 77.3. The largest absolute Gasteiger partial charge is 0.465 e. The van der Waals surface area contributed by atoms with Crippen molar-refractivity contribution in [1.82, 2.24) is 0 Å². The lowest BCUT2D eigenvalue weighted by Gasteiger charge is -1.61. The molecular formula is C8H30N2O4. The van der Waals surface area contributed by atoms with Crippen molar-refractivity contribution in [1.29, 1.82) is 0 Å². The number of hydrogen-bond donors (Lipinski definition) is 4. The molecule has 0 fully saturated rings. The fourth-order valence-corrected chi connectivity index (χ4v) is 0. The molecule has 14 heavy (non-hydrogen) atoms. The first kappa shape index (κ1) is 81.0. The van der Waals surface area contributed by atoms with Crippen LogP contribution in [0.5, 0.6) is 0 Å². The zero-order valence-electron chi connectivity index (χ0n) is 3.87. The van der Waals surface area contributed by atoms with Crippen molar-refractivity contribution in [2.75, 3.05) is 0 Å². The predicted molar refractivity (Wildman–Crippen MR) is 64.8 cm³/mol. The van der Waals surface area contributed by atoms with Gasteiger partial charge in [-0.3, -0.25) is 0 Å². The molecule has 0 aliphatic rings. The van der Waals surface area contributed by atoms with Crippen LogP contribution in [0.15, 0.2) is 0 Å². The van der Waals surface area contributed by atoms with Crippen LogP contribution < -0.4 is 11.5 Å². The summed E-state index contributed by atoms with van der Waals surface area (Å²) < 4.78 is 0. The number of hydrogen-bond acceptors (Lipinski definition) is 2. The first-order valence-corrected chi connectivity index (χ1v) is 1.43. The minimum atomic E-state index is -1.33. The Kier molecular flexibility index (Phi) is 360. The highest BCUT2D eigenvalue weighted by molar-refractivity contribution is 5.61. The number of rotatable bonds is 0. The van der Waals surface area contributed by atoms with E-state index in [1.807, 2.05) is 0 Å². The van der Waals surface area contributed by atoms with Crippen LogP contribution in [-0.2, 0) is 0 Å². The lowest BCUT2D eigenvalue weighted by molar-refractivity contribution is 0.204. The number of nitrogens with two attached hydrogens (primary N) is 2. The van der Waals surface area contributed by atoms with Crippen LogP contribution in [0.3, 0.4) is 0 Å². The molecular weight excluding hydrogens is 188 g/mol. The summed E-state index contributed by atoms with van der Waals surface area (Å²) in [6, 6.07) is 0. The molecule has 0 saturated carbocycles. The summed E-state index contributed by atoms with van der Waals surface area (Å²) in [7, 11) is 0. The van der Waals surface area contributed by atoms with Crippen molar-refractivity contribution in [3.8, 4) is 0 Å². The van der Waals surface area contributed by atoms with Crippen molar-refractivity contribution in [2.45, 2.75) is 44.6 Å².